The van der Waals surface area contributed by atoms with Crippen molar-refractivity contribution in [2.24, 2.45) is 0 Å². The molecule has 2 heteroatoms. The van der Waals surface area contributed by atoms with Crippen molar-refractivity contribution >= 4 is 0 Å². The van der Waals surface area contributed by atoms with Gasteiger partial charge in [0.15, 0.2) is 0 Å². The third-order valence-electron chi connectivity index (χ3n) is 2.50. The van der Waals surface area contributed by atoms with Crippen LogP contribution in [0.4, 0.5) is 0 Å². The summed E-state index contributed by atoms with van der Waals surface area (Å²) in [4.78, 5) is 0. The van der Waals surface area contributed by atoms with E-state index in [9.17, 15) is 0 Å². The number of ether oxygens (including phenoxy) is 1. The van der Waals surface area contributed by atoms with Crippen molar-refractivity contribution in [3.05, 3.63) is 29.8 Å². The number of benzene rings is 1. The van der Waals surface area contributed by atoms with E-state index >= 15 is 0 Å². The number of aliphatic hydroxyl groups is 1. The molecule has 0 heterocycles. The van der Waals surface area contributed by atoms with Gasteiger partial charge in [-0.15, -0.1) is 0 Å². The Morgan fingerprint density at radius 2 is 2.00 bits per heavy atom. The molecule has 1 aromatic rings. The lowest BCUT2D eigenvalue weighted by Crippen LogP contribution is -2.11. The lowest BCUT2D eigenvalue weighted by molar-refractivity contribution is 0.155. The van der Waals surface area contributed by atoms with Gasteiger partial charge in [0.25, 0.3) is 0 Å². The van der Waals surface area contributed by atoms with E-state index in [1.165, 1.54) is 5.56 Å². The molecule has 2 nitrogen and oxygen atoms in total. The van der Waals surface area contributed by atoms with Gasteiger partial charge >= 0.3 is 0 Å². The van der Waals surface area contributed by atoms with Crippen LogP contribution in [0, 0.1) is 0 Å². The molecule has 0 aliphatic rings. The number of hydrogen-bond acceptors (Lipinski definition) is 2. The monoisotopic (exact) mass is 222 g/mol. The Hall–Kier alpha value is -1.02. The second-order valence-corrected chi connectivity index (χ2v) is 5.26. The molecule has 90 valence electrons. The predicted octanol–water partition coefficient (Wildman–Crippen LogP) is 3.13. The van der Waals surface area contributed by atoms with E-state index in [0.717, 1.165) is 5.75 Å². The number of hydrogen-bond donors (Lipinski definition) is 1. The zero-order valence-electron chi connectivity index (χ0n) is 10.7. The van der Waals surface area contributed by atoms with Crippen LogP contribution in [0.5, 0.6) is 5.75 Å². The first-order chi connectivity index (χ1) is 7.39. The molecule has 1 N–H and O–H groups in total. The van der Waals surface area contributed by atoms with Crippen LogP contribution in [-0.4, -0.2) is 17.8 Å². The van der Waals surface area contributed by atoms with Crippen molar-refractivity contribution in [1.82, 2.24) is 0 Å². The van der Waals surface area contributed by atoms with Crippen LogP contribution >= 0.6 is 0 Å². The molecule has 1 atom stereocenters. The zero-order valence-corrected chi connectivity index (χ0v) is 10.7. The van der Waals surface area contributed by atoms with Crippen LogP contribution in [0.2, 0.25) is 0 Å². The molecule has 0 bridgehead atoms. The Morgan fingerprint density at radius 1 is 1.31 bits per heavy atom. The molecule has 0 fully saturated rings. The van der Waals surface area contributed by atoms with Crippen molar-refractivity contribution in [1.29, 1.82) is 0 Å². The van der Waals surface area contributed by atoms with Crippen LogP contribution < -0.4 is 4.74 Å². The van der Waals surface area contributed by atoms with Gasteiger partial charge in [0.05, 0.1) is 12.7 Å². The second kappa shape index (κ2) is 5.35. The SMILES string of the molecule is CC(O)CCOc1cccc(C(C)(C)C)c1. The lowest BCUT2D eigenvalue weighted by atomic mass is 9.87. The quantitative estimate of drug-likeness (QED) is 0.848. The summed E-state index contributed by atoms with van der Waals surface area (Å²) in [5.41, 5.74) is 1.41. The second-order valence-electron chi connectivity index (χ2n) is 5.26. The summed E-state index contributed by atoms with van der Waals surface area (Å²) in [6, 6.07) is 8.15. The van der Waals surface area contributed by atoms with Gasteiger partial charge in [-0.2, -0.15) is 0 Å². The van der Waals surface area contributed by atoms with Gasteiger partial charge in [0, 0.05) is 6.42 Å². The molecule has 0 aliphatic heterocycles. The highest BCUT2D eigenvalue weighted by Crippen LogP contribution is 2.25. The summed E-state index contributed by atoms with van der Waals surface area (Å²) in [6.45, 7) is 8.88. The Kier molecular flexibility index (Phi) is 4.36. The van der Waals surface area contributed by atoms with Crippen LogP contribution in [0.1, 0.15) is 39.7 Å². The fraction of sp³-hybridized carbons (Fsp3) is 0.571. The first-order valence-electron chi connectivity index (χ1n) is 5.81. The first-order valence-corrected chi connectivity index (χ1v) is 5.81. The lowest BCUT2D eigenvalue weighted by Gasteiger charge is -2.19. The highest BCUT2D eigenvalue weighted by molar-refractivity contribution is 5.32. The smallest absolute Gasteiger partial charge is 0.119 e. The first kappa shape index (κ1) is 13.0. The summed E-state index contributed by atoms with van der Waals surface area (Å²) in [7, 11) is 0. The molecule has 0 amide bonds. The van der Waals surface area contributed by atoms with E-state index in [4.69, 9.17) is 9.84 Å². The molecular weight excluding hydrogens is 200 g/mol. The third kappa shape index (κ3) is 4.23. The maximum atomic E-state index is 9.13. The third-order valence-corrected chi connectivity index (χ3v) is 2.50. The Bertz CT molecular complexity index is 324. The average molecular weight is 222 g/mol. The Balaban J connectivity index is 2.61. The van der Waals surface area contributed by atoms with Crippen molar-refractivity contribution in [2.75, 3.05) is 6.61 Å². The minimum atomic E-state index is -0.300. The Labute approximate surface area is 98.3 Å². The molecule has 0 aromatic heterocycles. The highest BCUT2D eigenvalue weighted by atomic mass is 16.5. The van der Waals surface area contributed by atoms with E-state index in [0.29, 0.717) is 13.0 Å². The molecule has 16 heavy (non-hydrogen) atoms. The van der Waals surface area contributed by atoms with E-state index in [-0.39, 0.29) is 11.5 Å². The van der Waals surface area contributed by atoms with Gasteiger partial charge in [0.1, 0.15) is 5.75 Å². The maximum Gasteiger partial charge on any atom is 0.119 e. The standard InChI is InChI=1S/C14H22O2/c1-11(15)8-9-16-13-7-5-6-12(10-13)14(2,3)4/h5-7,10-11,15H,8-9H2,1-4H3. The van der Waals surface area contributed by atoms with E-state index < -0.39 is 0 Å². The van der Waals surface area contributed by atoms with Gasteiger partial charge < -0.3 is 9.84 Å². The average Bonchev–Trinajstić information content (AvgIpc) is 2.16. The van der Waals surface area contributed by atoms with E-state index in [1.807, 2.05) is 12.1 Å². The summed E-state index contributed by atoms with van der Waals surface area (Å²) in [6.07, 6.45) is 0.366. The topological polar surface area (TPSA) is 29.5 Å². The van der Waals surface area contributed by atoms with Crippen molar-refractivity contribution < 1.29 is 9.84 Å². The van der Waals surface area contributed by atoms with Crippen LogP contribution in [0.3, 0.4) is 0 Å². The molecule has 0 aliphatic carbocycles. The van der Waals surface area contributed by atoms with Gasteiger partial charge in [-0.3, -0.25) is 0 Å². The number of aliphatic hydroxyl groups excluding tert-OH is 1. The normalized spacial score (nSPS) is 13.6. The largest absolute Gasteiger partial charge is 0.493 e. The summed E-state index contributed by atoms with van der Waals surface area (Å²) < 4.78 is 5.59. The minimum Gasteiger partial charge on any atom is -0.493 e. The zero-order chi connectivity index (χ0) is 12.2. The van der Waals surface area contributed by atoms with Gasteiger partial charge in [-0.1, -0.05) is 32.9 Å². The fourth-order valence-corrected chi connectivity index (χ4v) is 1.40. The summed E-state index contributed by atoms with van der Waals surface area (Å²) in [5.74, 6) is 0.882. The van der Waals surface area contributed by atoms with Gasteiger partial charge in [-0.25, -0.2) is 0 Å². The maximum absolute atomic E-state index is 9.13. The molecule has 0 radical (unpaired) electrons. The predicted molar refractivity (Wildman–Crippen MR) is 66.9 cm³/mol. The molecule has 1 aromatic carbocycles. The van der Waals surface area contributed by atoms with Gasteiger partial charge in [0.2, 0.25) is 0 Å². The van der Waals surface area contributed by atoms with E-state index in [1.54, 1.807) is 6.92 Å². The van der Waals surface area contributed by atoms with Crippen molar-refractivity contribution in [2.45, 2.75) is 45.6 Å². The fourth-order valence-electron chi connectivity index (χ4n) is 1.40. The van der Waals surface area contributed by atoms with Crippen LogP contribution in [0.25, 0.3) is 0 Å². The molecule has 0 saturated carbocycles. The molecule has 1 unspecified atom stereocenters. The van der Waals surface area contributed by atoms with Gasteiger partial charge in [-0.05, 0) is 30.0 Å². The summed E-state index contributed by atoms with van der Waals surface area (Å²) >= 11 is 0. The van der Waals surface area contributed by atoms with Crippen molar-refractivity contribution in [3.8, 4) is 5.75 Å². The minimum absolute atomic E-state index is 0.143. The Morgan fingerprint density at radius 3 is 2.56 bits per heavy atom. The molecule has 0 spiro atoms. The molecular formula is C14H22O2. The van der Waals surface area contributed by atoms with Crippen LogP contribution in [0.15, 0.2) is 24.3 Å². The molecule has 1 rings (SSSR count). The summed E-state index contributed by atoms with van der Waals surface area (Å²) in [5, 5.41) is 9.13. The highest BCUT2D eigenvalue weighted by Gasteiger charge is 2.13. The van der Waals surface area contributed by atoms with Crippen molar-refractivity contribution in [3.63, 3.8) is 0 Å². The van der Waals surface area contributed by atoms with E-state index in [2.05, 4.69) is 32.9 Å². The van der Waals surface area contributed by atoms with Crippen LogP contribution in [-0.2, 0) is 5.41 Å². The molecule has 0 saturated heterocycles. The number of rotatable bonds is 4.